The van der Waals surface area contributed by atoms with E-state index in [1.807, 2.05) is 0 Å². The monoisotopic (exact) mass is 413 g/mol. The minimum absolute atomic E-state index is 0.00367. The van der Waals surface area contributed by atoms with Gasteiger partial charge in [0.05, 0.1) is 22.4 Å². The topological polar surface area (TPSA) is 113 Å². The quantitative estimate of drug-likeness (QED) is 0.552. The Morgan fingerprint density at radius 1 is 0.800 bits per heavy atom. The number of carboxylic acids is 2. The van der Waals surface area contributed by atoms with Gasteiger partial charge in [-0.1, -0.05) is 12.1 Å². The highest BCUT2D eigenvalue weighted by Crippen LogP contribution is 2.31. The van der Waals surface area contributed by atoms with Crippen LogP contribution in [0.4, 0.5) is 14.5 Å². The largest absolute Gasteiger partial charge is 0.478 e. The summed E-state index contributed by atoms with van der Waals surface area (Å²) in [5, 5.41) is 20.7. The molecule has 0 aliphatic carbocycles. The van der Waals surface area contributed by atoms with Gasteiger partial charge in [0.2, 0.25) is 0 Å². The lowest BCUT2D eigenvalue weighted by molar-refractivity contribution is 0.0651. The molecule has 0 spiro atoms. The van der Waals surface area contributed by atoms with Crippen molar-refractivity contribution < 1.29 is 38.1 Å². The molecule has 0 saturated carbocycles. The Labute approximate surface area is 168 Å². The van der Waals surface area contributed by atoms with Crippen molar-refractivity contribution in [1.82, 2.24) is 0 Å². The summed E-state index contributed by atoms with van der Waals surface area (Å²) >= 11 is 0. The third-order valence-electron chi connectivity index (χ3n) is 3.99. The number of carbonyl (C=O) groups is 3. The van der Waals surface area contributed by atoms with Crippen LogP contribution in [0.3, 0.4) is 0 Å². The van der Waals surface area contributed by atoms with Crippen LogP contribution in [0.5, 0.6) is 11.5 Å². The summed E-state index contributed by atoms with van der Waals surface area (Å²) in [6, 6.07) is 11.8. The number of carbonyl (C=O) groups excluding carboxylic acids is 1. The zero-order chi connectivity index (χ0) is 21.8. The van der Waals surface area contributed by atoms with Gasteiger partial charge < -0.3 is 20.3 Å². The molecule has 1 amide bonds. The van der Waals surface area contributed by atoms with Gasteiger partial charge in [-0.25, -0.2) is 18.4 Å². The highest BCUT2D eigenvalue weighted by atomic mass is 19.1. The SMILES string of the molecule is O=C(Nc1ccccc1Oc1ccc(C(=O)O)c(C(=O)O)c1)c1cc(F)ccc1F. The van der Waals surface area contributed by atoms with Gasteiger partial charge in [-0.2, -0.15) is 0 Å². The van der Waals surface area contributed by atoms with E-state index in [1.165, 1.54) is 18.2 Å². The molecule has 152 valence electrons. The van der Waals surface area contributed by atoms with Crippen molar-refractivity contribution in [2.75, 3.05) is 5.32 Å². The first-order valence-corrected chi connectivity index (χ1v) is 8.40. The van der Waals surface area contributed by atoms with Gasteiger partial charge in [-0.05, 0) is 48.5 Å². The van der Waals surface area contributed by atoms with E-state index in [0.29, 0.717) is 0 Å². The Morgan fingerprint density at radius 2 is 1.50 bits per heavy atom. The van der Waals surface area contributed by atoms with E-state index in [1.54, 1.807) is 12.1 Å². The molecule has 0 aliphatic heterocycles. The summed E-state index contributed by atoms with van der Waals surface area (Å²) in [5.74, 6) is -5.42. The lowest BCUT2D eigenvalue weighted by atomic mass is 10.1. The predicted molar refractivity (Wildman–Crippen MR) is 101 cm³/mol. The first-order valence-electron chi connectivity index (χ1n) is 8.40. The Bertz CT molecular complexity index is 1160. The van der Waals surface area contributed by atoms with Crippen LogP contribution in [-0.4, -0.2) is 28.1 Å². The van der Waals surface area contributed by atoms with E-state index in [-0.39, 0.29) is 17.2 Å². The summed E-state index contributed by atoms with van der Waals surface area (Å²) in [4.78, 5) is 34.8. The van der Waals surface area contributed by atoms with Crippen LogP contribution >= 0.6 is 0 Å². The standard InChI is InChI=1S/C21H13F2NO6/c22-11-5-8-16(23)15(9-11)19(25)24-17-3-1-2-4-18(17)30-12-6-7-13(20(26)27)14(10-12)21(28)29/h1-10H,(H,24,25)(H,26,27)(H,28,29). The molecule has 3 rings (SSSR count). The van der Waals surface area contributed by atoms with E-state index in [0.717, 1.165) is 30.3 Å². The lowest BCUT2D eigenvalue weighted by Crippen LogP contribution is -2.14. The first-order chi connectivity index (χ1) is 14.3. The van der Waals surface area contributed by atoms with Crippen molar-refractivity contribution in [3.05, 3.63) is 89.0 Å². The summed E-state index contributed by atoms with van der Waals surface area (Å²) in [6.07, 6.45) is 0. The third-order valence-corrected chi connectivity index (χ3v) is 3.99. The van der Waals surface area contributed by atoms with Gasteiger partial charge in [0.1, 0.15) is 17.4 Å². The zero-order valence-corrected chi connectivity index (χ0v) is 15.1. The van der Waals surface area contributed by atoms with Crippen LogP contribution < -0.4 is 10.1 Å². The molecule has 30 heavy (non-hydrogen) atoms. The highest BCUT2D eigenvalue weighted by Gasteiger charge is 2.18. The van der Waals surface area contributed by atoms with Crippen LogP contribution in [-0.2, 0) is 0 Å². The number of ether oxygens (including phenoxy) is 1. The fraction of sp³-hybridized carbons (Fsp3) is 0. The van der Waals surface area contributed by atoms with Crippen molar-refractivity contribution in [1.29, 1.82) is 0 Å². The van der Waals surface area contributed by atoms with Crippen LogP contribution in [0.2, 0.25) is 0 Å². The molecule has 9 heteroatoms. The fourth-order valence-corrected chi connectivity index (χ4v) is 2.60. The Kier molecular flexibility index (Phi) is 5.73. The molecule has 3 N–H and O–H groups in total. The molecule has 0 aromatic heterocycles. The third kappa shape index (κ3) is 4.41. The maximum absolute atomic E-state index is 13.8. The molecular formula is C21H13F2NO6. The van der Waals surface area contributed by atoms with Crippen molar-refractivity contribution >= 4 is 23.5 Å². The Morgan fingerprint density at radius 3 is 2.20 bits per heavy atom. The normalized spacial score (nSPS) is 10.3. The van der Waals surface area contributed by atoms with E-state index in [9.17, 15) is 28.3 Å². The predicted octanol–water partition coefficient (Wildman–Crippen LogP) is 4.41. The number of hydrogen-bond donors (Lipinski definition) is 3. The lowest BCUT2D eigenvalue weighted by Gasteiger charge is -2.13. The maximum Gasteiger partial charge on any atom is 0.336 e. The second-order valence-corrected chi connectivity index (χ2v) is 5.99. The number of anilines is 1. The van der Waals surface area contributed by atoms with Crippen molar-refractivity contribution in [3.8, 4) is 11.5 Å². The van der Waals surface area contributed by atoms with Crippen LogP contribution in [0.15, 0.2) is 60.7 Å². The number of carboxylic acid groups (broad SMARTS) is 2. The number of hydrogen-bond acceptors (Lipinski definition) is 4. The molecule has 3 aromatic rings. The number of nitrogens with one attached hydrogen (secondary N) is 1. The van der Waals surface area contributed by atoms with Gasteiger partial charge in [0, 0.05) is 0 Å². The summed E-state index contributed by atoms with van der Waals surface area (Å²) in [7, 11) is 0. The molecule has 0 radical (unpaired) electrons. The van der Waals surface area contributed by atoms with E-state index in [2.05, 4.69) is 5.32 Å². The number of rotatable bonds is 6. The maximum atomic E-state index is 13.8. The molecule has 0 aliphatic rings. The Balaban J connectivity index is 1.90. The molecule has 0 saturated heterocycles. The molecule has 3 aromatic carbocycles. The van der Waals surface area contributed by atoms with E-state index >= 15 is 0 Å². The average Bonchev–Trinajstić information content (AvgIpc) is 2.71. The van der Waals surface area contributed by atoms with Crippen LogP contribution in [0, 0.1) is 11.6 Å². The number of amides is 1. The van der Waals surface area contributed by atoms with Crippen LogP contribution in [0.1, 0.15) is 31.1 Å². The zero-order valence-electron chi connectivity index (χ0n) is 15.1. The second kappa shape index (κ2) is 8.39. The smallest absolute Gasteiger partial charge is 0.336 e. The van der Waals surface area contributed by atoms with Crippen LogP contribution in [0.25, 0.3) is 0 Å². The Hall–Kier alpha value is -4.27. The average molecular weight is 413 g/mol. The van der Waals surface area contributed by atoms with E-state index in [4.69, 9.17) is 9.84 Å². The van der Waals surface area contributed by atoms with Gasteiger partial charge in [0.15, 0.2) is 5.75 Å². The molecular weight excluding hydrogens is 400 g/mol. The molecule has 0 atom stereocenters. The summed E-state index contributed by atoms with van der Waals surface area (Å²) < 4.78 is 32.8. The number of para-hydroxylation sites is 2. The fourth-order valence-electron chi connectivity index (χ4n) is 2.60. The van der Waals surface area contributed by atoms with E-state index < -0.39 is 46.2 Å². The summed E-state index contributed by atoms with van der Waals surface area (Å²) in [6.45, 7) is 0. The summed E-state index contributed by atoms with van der Waals surface area (Å²) in [5.41, 5.74) is -1.31. The van der Waals surface area contributed by atoms with Gasteiger partial charge in [0.25, 0.3) is 5.91 Å². The first kappa shape index (κ1) is 20.5. The van der Waals surface area contributed by atoms with Gasteiger partial charge >= 0.3 is 11.9 Å². The van der Waals surface area contributed by atoms with Crippen molar-refractivity contribution in [2.45, 2.75) is 0 Å². The molecule has 0 heterocycles. The van der Waals surface area contributed by atoms with Crippen molar-refractivity contribution in [3.63, 3.8) is 0 Å². The van der Waals surface area contributed by atoms with Crippen molar-refractivity contribution in [2.24, 2.45) is 0 Å². The number of aromatic carboxylic acids is 2. The molecule has 0 bridgehead atoms. The van der Waals surface area contributed by atoms with Gasteiger partial charge in [-0.15, -0.1) is 0 Å². The minimum atomic E-state index is -1.46. The molecule has 0 unspecified atom stereocenters. The second-order valence-electron chi connectivity index (χ2n) is 5.99. The minimum Gasteiger partial charge on any atom is -0.478 e. The molecule has 7 nitrogen and oxygen atoms in total. The van der Waals surface area contributed by atoms with Gasteiger partial charge in [-0.3, -0.25) is 4.79 Å². The highest BCUT2D eigenvalue weighted by molar-refractivity contribution is 6.05. The molecule has 0 fully saturated rings. The number of benzene rings is 3. The number of halogens is 2.